The van der Waals surface area contributed by atoms with Gasteiger partial charge in [-0.15, -0.1) is 0 Å². The van der Waals surface area contributed by atoms with Gasteiger partial charge in [0.15, 0.2) is 9.03 Å². The molecule has 31 heavy (non-hydrogen) atoms. The molecular formula is C21H36N3NiO5P. The molecule has 1 aromatic heterocycles. The van der Waals surface area contributed by atoms with Crippen LogP contribution in [0.2, 0.25) is 0 Å². The predicted octanol–water partition coefficient (Wildman–Crippen LogP) is 3.84. The van der Waals surface area contributed by atoms with E-state index in [-0.39, 0.29) is 43.3 Å². The summed E-state index contributed by atoms with van der Waals surface area (Å²) >= 11 is 0. The second kappa shape index (κ2) is 18.5. The summed E-state index contributed by atoms with van der Waals surface area (Å²) in [7, 11) is 1.29. The molecule has 1 aromatic rings. The van der Waals surface area contributed by atoms with E-state index in [0.717, 1.165) is 23.8 Å². The number of rotatable bonds is 7. The van der Waals surface area contributed by atoms with Crippen LogP contribution in [0.15, 0.2) is 15.8 Å². The van der Waals surface area contributed by atoms with Crippen LogP contribution < -0.4 is 11.2 Å². The van der Waals surface area contributed by atoms with Crippen molar-refractivity contribution in [3.05, 3.63) is 46.4 Å². The average molecular weight is 500 g/mol. The van der Waals surface area contributed by atoms with Gasteiger partial charge < -0.3 is 27.6 Å². The quantitative estimate of drug-likeness (QED) is 0.245. The second-order valence-electron chi connectivity index (χ2n) is 6.64. The Bertz CT molecular complexity index is 761. The number of aryl methyl sites for hydroxylation is 1. The maximum absolute atomic E-state index is 12.3. The maximum Gasteiger partial charge on any atom is 2.00 e. The van der Waals surface area contributed by atoms with Crippen molar-refractivity contribution in [3.8, 4) is 6.07 Å². The molecule has 0 aliphatic carbocycles. The monoisotopic (exact) mass is 499 g/mol. The molecule has 0 aromatic carbocycles. The van der Waals surface area contributed by atoms with Gasteiger partial charge in [-0.3, -0.25) is 13.9 Å². The van der Waals surface area contributed by atoms with E-state index in [2.05, 4.69) is 13.8 Å². The van der Waals surface area contributed by atoms with Gasteiger partial charge in [0.25, 0.3) is 5.56 Å². The molecule has 0 spiro atoms. The van der Waals surface area contributed by atoms with Gasteiger partial charge in [0.2, 0.25) is 0 Å². The third-order valence-corrected chi connectivity index (χ3v) is 4.67. The summed E-state index contributed by atoms with van der Waals surface area (Å²) < 4.78 is 19.4. The molecule has 1 aliphatic heterocycles. The molecule has 8 nitrogen and oxygen atoms in total. The van der Waals surface area contributed by atoms with Crippen molar-refractivity contribution >= 4 is 9.03 Å². The fourth-order valence-electron chi connectivity index (χ4n) is 2.64. The van der Waals surface area contributed by atoms with E-state index in [4.69, 9.17) is 19.0 Å². The molecule has 4 atom stereocenters. The first kappa shape index (κ1) is 32.2. The minimum atomic E-state index is -0.471. The molecule has 0 saturated carbocycles. The van der Waals surface area contributed by atoms with Crippen molar-refractivity contribution in [3.63, 3.8) is 0 Å². The summed E-state index contributed by atoms with van der Waals surface area (Å²) in [6, 6.07) is 2.00. The van der Waals surface area contributed by atoms with Crippen LogP contribution in [0.4, 0.5) is 0 Å². The van der Waals surface area contributed by atoms with Crippen molar-refractivity contribution < 1.29 is 30.3 Å². The van der Waals surface area contributed by atoms with Crippen molar-refractivity contribution in [2.75, 3.05) is 6.61 Å². The Morgan fingerprint density at radius 2 is 1.87 bits per heavy atom. The second-order valence-corrected chi connectivity index (χ2v) is 7.33. The van der Waals surface area contributed by atoms with Crippen molar-refractivity contribution in [2.45, 2.75) is 78.2 Å². The van der Waals surface area contributed by atoms with Crippen LogP contribution >= 0.6 is 9.03 Å². The molecule has 1 unspecified atom stereocenters. The van der Waals surface area contributed by atoms with Gasteiger partial charge in [-0.1, -0.05) is 20.8 Å². The van der Waals surface area contributed by atoms with E-state index in [0.29, 0.717) is 25.0 Å². The van der Waals surface area contributed by atoms with E-state index >= 15 is 0 Å². The molecule has 2 heterocycles. The molecule has 0 N–H and O–H groups in total. The van der Waals surface area contributed by atoms with Gasteiger partial charge in [0, 0.05) is 25.2 Å². The van der Waals surface area contributed by atoms with E-state index in [1.165, 1.54) is 17.8 Å². The first-order valence-electron chi connectivity index (χ1n) is 10.2. The van der Waals surface area contributed by atoms with Crippen molar-refractivity contribution in [1.82, 2.24) is 9.13 Å². The largest absolute Gasteiger partial charge is 2.00 e. The van der Waals surface area contributed by atoms with E-state index in [1.54, 1.807) is 6.92 Å². The number of nitriles is 1. The Hall–Kier alpha value is -1.03. The van der Waals surface area contributed by atoms with Crippen LogP contribution in [0.25, 0.3) is 0 Å². The summed E-state index contributed by atoms with van der Waals surface area (Å²) in [5.74, 6) is 0. The first-order valence-corrected chi connectivity index (χ1v) is 11.1. The molecule has 1 aliphatic rings. The van der Waals surface area contributed by atoms with Crippen LogP contribution in [0, 0.1) is 32.1 Å². The topological polar surface area (TPSA) is 95.5 Å². The minimum absolute atomic E-state index is 0. The van der Waals surface area contributed by atoms with E-state index in [9.17, 15) is 9.59 Å². The molecule has 0 amide bonds. The van der Waals surface area contributed by atoms with Crippen LogP contribution in [-0.2, 0) is 37.3 Å². The molecular weight excluding hydrogens is 464 g/mol. The molecule has 2 rings (SSSR count). The molecule has 1 saturated heterocycles. The van der Waals surface area contributed by atoms with E-state index < -0.39 is 11.9 Å². The standard InChI is InChI=1S/C15H22N3O5P.2C3H7.Ni/c1-4-11-12(23-24-21-7-5-6-16)8-13(22-11)18-9-10(2)14(19)17(3)15(18)20;2*1-3-2;/h9,11-13,24H,4-5,7-8H2,1-3H3;2*1,3H2,2H3;/q;2*-1;+2/t11-,12-,13-;;;/m1.../s1. The zero-order valence-corrected chi connectivity index (χ0v) is 21.2. The van der Waals surface area contributed by atoms with Gasteiger partial charge in [-0.2, -0.15) is 18.1 Å². The van der Waals surface area contributed by atoms with Gasteiger partial charge in [0.1, 0.15) is 6.23 Å². The summed E-state index contributed by atoms with van der Waals surface area (Å²) in [5, 5.41) is 8.46. The average Bonchev–Trinajstić information content (AvgIpc) is 3.13. The predicted molar refractivity (Wildman–Crippen MR) is 120 cm³/mol. The summed E-state index contributed by atoms with van der Waals surface area (Å²) in [6.45, 7) is 15.0. The molecule has 1 fully saturated rings. The number of ether oxygens (including phenoxy) is 1. The van der Waals surface area contributed by atoms with Gasteiger partial charge in [-0.05, 0) is 13.3 Å². The van der Waals surface area contributed by atoms with E-state index in [1.807, 2.05) is 26.8 Å². The Morgan fingerprint density at radius 3 is 2.39 bits per heavy atom. The van der Waals surface area contributed by atoms with Crippen LogP contribution in [0.1, 0.15) is 64.7 Å². The zero-order chi connectivity index (χ0) is 23.1. The summed E-state index contributed by atoms with van der Waals surface area (Å²) in [4.78, 5) is 24.1. The fraction of sp³-hybridized carbons (Fsp3) is 0.667. The first-order chi connectivity index (χ1) is 14.3. The number of hydrogen-bond donors (Lipinski definition) is 0. The normalized spacial score (nSPS) is 19.6. The third-order valence-electron chi connectivity index (χ3n) is 3.95. The number of nitrogens with zero attached hydrogens (tertiary/aromatic N) is 3. The van der Waals surface area contributed by atoms with Gasteiger partial charge >= 0.3 is 22.2 Å². The van der Waals surface area contributed by atoms with Gasteiger partial charge in [-0.25, -0.2) is 4.79 Å². The number of hydrogen-bond acceptors (Lipinski definition) is 6. The van der Waals surface area contributed by atoms with Crippen molar-refractivity contribution in [2.24, 2.45) is 7.05 Å². The number of aromatic nitrogens is 2. The van der Waals surface area contributed by atoms with Crippen LogP contribution in [0.3, 0.4) is 0 Å². The third kappa shape index (κ3) is 10.9. The fourth-order valence-corrected chi connectivity index (χ4v) is 3.27. The Morgan fingerprint density at radius 1 is 1.29 bits per heavy atom. The smallest absolute Gasteiger partial charge is 0.352 e. The Labute approximate surface area is 198 Å². The van der Waals surface area contributed by atoms with Gasteiger partial charge in [0.05, 0.1) is 31.3 Å². The SMILES string of the molecule is CC[C@H]1O[C@@H](n2cc(C)c(=O)n(C)c2=O)C[C@H]1OPOCCC#N.[CH2-]CC.[CH2-]CC.[Ni+2]. The molecule has 0 bridgehead atoms. The minimum Gasteiger partial charge on any atom is -0.352 e. The summed E-state index contributed by atoms with van der Waals surface area (Å²) in [5.41, 5.74) is -0.222. The zero-order valence-electron chi connectivity index (χ0n) is 19.2. The Kier molecular flexibility index (Phi) is 19.2. The summed E-state index contributed by atoms with van der Waals surface area (Å²) in [6.07, 6.45) is 4.30. The Balaban J connectivity index is 0. The van der Waals surface area contributed by atoms with Crippen LogP contribution in [0.5, 0.6) is 0 Å². The maximum atomic E-state index is 12.3. The molecule has 10 heteroatoms. The van der Waals surface area contributed by atoms with Crippen LogP contribution in [-0.4, -0.2) is 27.9 Å². The van der Waals surface area contributed by atoms with Crippen molar-refractivity contribution in [1.29, 1.82) is 5.26 Å². The molecule has 0 radical (unpaired) electrons. The molecule has 180 valence electrons.